The molecule has 0 unspecified atom stereocenters. The first-order chi connectivity index (χ1) is 12.2. The van der Waals surface area contributed by atoms with Crippen molar-refractivity contribution in [3.05, 3.63) is 51.7 Å². The second-order valence-electron chi connectivity index (χ2n) is 6.83. The minimum Gasteiger partial charge on any atom is -0.395 e. The number of likely N-dealkylation sites (N-methyl/N-ethyl adjacent to an activating group) is 1. The molecule has 1 aliphatic rings. The smallest absolute Gasteiger partial charge is 0.140 e. The molecule has 1 aliphatic carbocycles. The maximum atomic E-state index is 9.19. The monoisotopic (exact) mass is 357 g/mol. The number of benzene rings is 1. The van der Waals surface area contributed by atoms with E-state index in [2.05, 4.69) is 28.4 Å². The highest BCUT2D eigenvalue weighted by Crippen LogP contribution is 2.37. The fourth-order valence-electron chi connectivity index (χ4n) is 3.62. The van der Waals surface area contributed by atoms with Gasteiger partial charge in [0.25, 0.3) is 0 Å². The second kappa shape index (κ2) is 8.61. The van der Waals surface area contributed by atoms with Crippen LogP contribution in [0.4, 0.5) is 5.69 Å². The van der Waals surface area contributed by atoms with Crippen molar-refractivity contribution in [3.63, 3.8) is 0 Å². The van der Waals surface area contributed by atoms with Gasteiger partial charge in [-0.05, 0) is 60.5 Å². The lowest BCUT2D eigenvalue weighted by molar-refractivity contribution is 0.217. The van der Waals surface area contributed by atoms with Crippen LogP contribution < -0.4 is 5.32 Å². The molecular formula is C20H27N3OS. The zero-order chi connectivity index (χ0) is 17.6. The van der Waals surface area contributed by atoms with Crippen molar-refractivity contribution in [3.8, 4) is 0 Å². The molecule has 25 heavy (non-hydrogen) atoms. The van der Waals surface area contributed by atoms with Crippen LogP contribution in [0.5, 0.6) is 0 Å². The van der Waals surface area contributed by atoms with E-state index in [9.17, 15) is 5.11 Å². The molecule has 3 N–H and O–H groups in total. The van der Waals surface area contributed by atoms with E-state index in [-0.39, 0.29) is 6.61 Å². The molecule has 0 radical (unpaired) electrons. The van der Waals surface area contributed by atoms with E-state index in [0.717, 1.165) is 17.1 Å². The molecule has 3 rings (SSSR count). The van der Waals surface area contributed by atoms with Gasteiger partial charge in [-0.25, -0.2) is 0 Å². The van der Waals surface area contributed by atoms with Crippen molar-refractivity contribution in [1.82, 2.24) is 4.90 Å². The number of nitrogens with one attached hydrogen (secondary N) is 2. The number of amidine groups is 1. The Morgan fingerprint density at radius 2 is 2.12 bits per heavy atom. The Morgan fingerprint density at radius 1 is 1.32 bits per heavy atom. The fraction of sp³-hybridized carbons (Fsp3) is 0.450. The molecule has 0 atom stereocenters. The Kier molecular flexibility index (Phi) is 6.24. The highest BCUT2D eigenvalue weighted by Gasteiger charge is 2.20. The highest BCUT2D eigenvalue weighted by molar-refractivity contribution is 7.12. The Hall–Kier alpha value is -1.69. The molecule has 0 spiro atoms. The number of nitrogens with zero attached hydrogens (tertiary/aromatic N) is 1. The maximum absolute atomic E-state index is 9.19. The molecule has 0 amide bonds. The molecule has 0 aliphatic heterocycles. The summed E-state index contributed by atoms with van der Waals surface area (Å²) in [5, 5.41) is 22.7. The number of aliphatic hydroxyl groups excluding tert-OH is 1. The largest absolute Gasteiger partial charge is 0.395 e. The number of rotatable bonds is 7. The van der Waals surface area contributed by atoms with Crippen LogP contribution in [-0.2, 0) is 6.54 Å². The maximum Gasteiger partial charge on any atom is 0.140 e. The first kappa shape index (κ1) is 18.1. The average Bonchev–Trinajstić information content (AvgIpc) is 3.29. The van der Waals surface area contributed by atoms with Crippen molar-refractivity contribution in [2.45, 2.75) is 38.1 Å². The Bertz CT molecular complexity index is 693. The van der Waals surface area contributed by atoms with Gasteiger partial charge in [0.05, 0.1) is 11.5 Å². The van der Waals surface area contributed by atoms with Gasteiger partial charge in [0, 0.05) is 18.8 Å². The molecule has 1 fully saturated rings. The number of hydrogen-bond acceptors (Lipinski definition) is 4. The molecule has 0 saturated heterocycles. The number of anilines is 1. The van der Waals surface area contributed by atoms with Gasteiger partial charge >= 0.3 is 0 Å². The van der Waals surface area contributed by atoms with Gasteiger partial charge < -0.3 is 10.4 Å². The minimum atomic E-state index is 0.177. The van der Waals surface area contributed by atoms with E-state index in [1.165, 1.54) is 36.8 Å². The van der Waals surface area contributed by atoms with Gasteiger partial charge in [-0.2, -0.15) is 0 Å². The number of thiophene rings is 1. The first-order valence-corrected chi connectivity index (χ1v) is 9.87. The predicted octanol–water partition coefficient (Wildman–Crippen LogP) is 4.27. The minimum absolute atomic E-state index is 0.177. The van der Waals surface area contributed by atoms with Crippen molar-refractivity contribution in [2.24, 2.45) is 0 Å². The lowest BCUT2D eigenvalue weighted by Crippen LogP contribution is -2.22. The molecule has 4 nitrogen and oxygen atoms in total. The van der Waals surface area contributed by atoms with E-state index in [4.69, 9.17) is 5.41 Å². The quantitative estimate of drug-likeness (QED) is 0.512. The molecule has 2 aromatic rings. The summed E-state index contributed by atoms with van der Waals surface area (Å²) in [5.74, 6) is 1.10. The Morgan fingerprint density at radius 3 is 2.80 bits per heavy atom. The van der Waals surface area contributed by atoms with E-state index in [1.54, 1.807) is 11.3 Å². The number of hydrogen-bond donors (Lipinski definition) is 3. The third-order valence-corrected chi connectivity index (χ3v) is 5.78. The van der Waals surface area contributed by atoms with Crippen LogP contribution in [0, 0.1) is 5.41 Å². The molecule has 1 aromatic heterocycles. The first-order valence-electron chi connectivity index (χ1n) is 8.99. The highest BCUT2D eigenvalue weighted by atomic mass is 32.1. The summed E-state index contributed by atoms with van der Waals surface area (Å²) >= 11 is 1.57. The Balaban J connectivity index is 1.81. The summed E-state index contributed by atoms with van der Waals surface area (Å²) in [6.07, 6.45) is 5.18. The van der Waals surface area contributed by atoms with Gasteiger partial charge in [-0.1, -0.05) is 25.0 Å². The van der Waals surface area contributed by atoms with Crippen LogP contribution in [-0.4, -0.2) is 36.0 Å². The van der Waals surface area contributed by atoms with Crippen LogP contribution in [0.15, 0.2) is 35.7 Å². The number of aliphatic hydroxyl groups is 1. The molecule has 134 valence electrons. The van der Waals surface area contributed by atoms with E-state index < -0.39 is 0 Å². The van der Waals surface area contributed by atoms with E-state index in [0.29, 0.717) is 18.3 Å². The SMILES string of the molecule is CN(CCO)Cc1cc(NC(=N)c2cccs2)ccc1C1CCCC1. The topological polar surface area (TPSA) is 59.4 Å². The molecule has 1 saturated carbocycles. The van der Waals surface area contributed by atoms with Crippen LogP contribution in [0.3, 0.4) is 0 Å². The normalized spacial score (nSPS) is 15.0. The summed E-state index contributed by atoms with van der Waals surface area (Å²) in [4.78, 5) is 3.10. The second-order valence-corrected chi connectivity index (χ2v) is 7.78. The molecular weight excluding hydrogens is 330 g/mol. The van der Waals surface area contributed by atoms with Crippen LogP contribution in [0.25, 0.3) is 0 Å². The summed E-state index contributed by atoms with van der Waals surface area (Å²) in [6.45, 7) is 1.68. The summed E-state index contributed by atoms with van der Waals surface area (Å²) in [5.41, 5.74) is 3.72. The van der Waals surface area contributed by atoms with Crippen molar-refractivity contribution >= 4 is 22.9 Å². The van der Waals surface area contributed by atoms with Crippen LogP contribution in [0.1, 0.15) is 47.6 Å². The predicted molar refractivity (Wildman–Crippen MR) is 106 cm³/mol. The summed E-state index contributed by atoms with van der Waals surface area (Å²) < 4.78 is 0. The Labute approximate surface area is 154 Å². The molecule has 1 heterocycles. The summed E-state index contributed by atoms with van der Waals surface area (Å²) in [6, 6.07) is 10.5. The van der Waals surface area contributed by atoms with Gasteiger partial charge in [0.1, 0.15) is 5.84 Å². The van der Waals surface area contributed by atoms with Gasteiger partial charge in [0.15, 0.2) is 0 Å². The van der Waals surface area contributed by atoms with Crippen LogP contribution in [0.2, 0.25) is 0 Å². The van der Waals surface area contributed by atoms with Crippen molar-refractivity contribution in [2.75, 3.05) is 25.5 Å². The van der Waals surface area contributed by atoms with Gasteiger partial charge in [-0.15, -0.1) is 11.3 Å². The summed E-state index contributed by atoms with van der Waals surface area (Å²) in [7, 11) is 2.04. The van der Waals surface area contributed by atoms with E-state index in [1.807, 2.05) is 24.6 Å². The lowest BCUT2D eigenvalue weighted by atomic mass is 9.92. The lowest BCUT2D eigenvalue weighted by Gasteiger charge is -2.22. The van der Waals surface area contributed by atoms with Crippen molar-refractivity contribution < 1.29 is 5.11 Å². The van der Waals surface area contributed by atoms with Crippen LogP contribution >= 0.6 is 11.3 Å². The third-order valence-electron chi connectivity index (χ3n) is 4.90. The molecule has 0 bridgehead atoms. The average molecular weight is 358 g/mol. The fourth-order valence-corrected chi connectivity index (χ4v) is 4.25. The zero-order valence-corrected chi connectivity index (χ0v) is 15.6. The standard InChI is InChI=1S/C20H27N3OS/c1-23(10-11-24)14-16-13-17(22-20(21)19-7-4-12-25-19)8-9-18(16)15-5-2-3-6-15/h4,7-9,12-13,15,24H,2-3,5-6,10-11,14H2,1H3,(H2,21,22). The van der Waals surface area contributed by atoms with Gasteiger partial charge in [0.2, 0.25) is 0 Å². The van der Waals surface area contributed by atoms with E-state index >= 15 is 0 Å². The van der Waals surface area contributed by atoms with Gasteiger partial charge in [-0.3, -0.25) is 10.3 Å². The zero-order valence-electron chi connectivity index (χ0n) is 14.8. The third kappa shape index (κ3) is 4.69. The molecule has 1 aromatic carbocycles. The van der Waals surface area contributed by atoms with Crippen molar-refractivity contribution in [1.29, 1.82) is 5.41 Å². The molecule has 5 heteroatoms.